The molecule has 10 nitrogen and oxygen atoms in total. The molecule has 4 atom stereocenters. The van der Waals surface area contributed by atoms with E-state index >= 15 is 0 Å². The summed E-state index contributed by atoms with van der Waals surface area (Å²) in [5.74, 6) is -0.324. The number of aryl methyl sites for hydroxylation is 1. The molecule has 41 heavy (non-hydrogen) atoms. The Morgan fingerprint density at radius 3 is 2.51 bits per heavy atom. The normalized spacial score (nSPS) is 22.8. The van der Waals surface area contributed by atoms with Crippen LogP contribution >= 0.6 is 0 Å². The van der Waals surface area contributed by atoms with Gasteiger partial charge in [-0.1, -0.05) is 43.5 Å². The number of fused-ring (bicyclic) bond motifs is 1. The van der Waals surface area contributed by atoms with Crippen LogP contribution < -0.4 is 16.0 Å². The maximum Gasteiger partial charge on any atom is 0.245 e. The Morgan fingerprint density at radius 2 is 1.80 bits per heavy atom. The fourth-order valence-corrected chi connectivity index (χ4v) is 7.79. The van der Waals surface area contributed by atoms with E-state index in [9.17, 15) is 22.8 Å². The molecule has 2 fully saturated rings. The van der Waals surface area contributed by atoms with Crippen LogP contribution in [0.3, 0.4) is 0 Å². The van der Waals surface area contributed by atoms with Gasteiger partial charge in [0.15, 0.2) is 0 Å². The second kappa shape index (κ2) is 14.1. The van der Waals surface area contributed by atoms with Gasteiger partial charge in [0.05, 0.1) is 18.3 Å². The fraction of sp³-hybridized carbons (Fsp3) is 0.700. The summed E-state index contributed by atoms with van der Waals surface area (Å²) in [5.41, 5.74) is 2.43. The first-order chi connectivity index (χ1) is 19.6. The predicted octanol–water partition coefficient (Wildman–Crippen LogP) is 2.11. The largest absolute Gasteiger partial charge is 0.349 e. The number of carbonyl (C=O) groups is 3. The Hall–Kier alpha value is -2.50. The molecule has 228 valence electrons. The number of hydrogen-bond acceptors (Lipinski definition) is 6. The number of rotatable bonds is 12. The average Bonchev–Trinajstić information content (AvgIpc) is 3.60. The van der Waals surface area contributed by atoms with Crippen molar-refractivity contribution in [1.82, 2.24) is 25.2 Å². The quantitative estimate of drug-likeness (QED) is 0.343. The van der Waals surface area contributed by atoms with Crippen LogP contribution in [0.2, 0.25) is 0 Å². The molecule has 1 aromatic rings. The molecule has 1 saturated heterocycles. The van der Waals surface area contributed by atoms with E-state index in [-0.39, 0.29) is 55.2 Å². The SMILES string of the molecule is CNC(C)C(=O)NC(C(=O)N1CCC(N(CCCC(=O)NC2CCc3ccccc32)S(C)(=O)=O)C1)C1CCCCC1. The molecule has 4 rings (SSSR count). The first-order valence-corrected chi connectivity index (χ1v) is 17.0. The minimum atomic E-state index is -3.55. The number of benzene rings is 1. The molecule has 1 aliphatic heterocycles. The van der Waals surface area contributed by atoms with E-state index in [0.717, 1.165) is 50.5 Å². The van der Waals surface area contributed by atoms with Gasteiger partial charge in [-0.25, -0.2) is 8.42 Å². The van der Waals surface area contributed by atoms with Crippen molar-refractivity contribution < 1.29 is 22.8 Å². The molecular formula is C30H47N5O5S. The molecule has 0 radical (unpaired) electrons. The zero-order valence-corrected chi connectivity index (χ0v) is 25.5. The van der Waals surface area contributed by atoms with Crippen LogP contribution in [0.15, 0.2) is 24.3 Å². The second-order valence-electron chi connectivity index (χ2n) is 12.0. The van der Waals surface area contributed by atoms with E-state index in [4.69, 9.17) is 0 Å². The third kappa shape index (κ3) is 8.08. The molecule has 0 aromatic heterocycles. The van der Waals surface area contributed by atoms with Gasteiger partial charge in [0.2, 0.25) is 27.7 Å². The van der Waals surface area contributed by atoms with E-state index in [1.165, 1.54) is 16.1 Å². The number of likely N-dealkylation sites (N-methyl/N-ethyl adjacent to an activating group) is 1. The highest BCUT2D eigenvalue weighted by Crippen LogP contribution is 2.31. The third-order valence-electron chi connectivity index (χ3n) is 9.07. The summed E-state index contributed by atoms with van der Waals surface area (Å²) in [4.78, 5) is 40.9. The summed E-state index contributed by atoms with van der Waals surface area (Å²) in [6.45, 7) is 2.72. The molecule has 1 saturated carbocycles. The lowest BCUT2D eigenvalue weighted by Gasteiger charge is -2.34. The van der Waals surface area contributed by atoms with Gasteiger partial charge in [-0.2, -0.15) is 4.31 Å². The summed E-state index contributed by atoms with van der Waals surface area (Å²) < 4.78 is 27.0. The van der Waals surface area contributed by atoms with E-state index in [0.29, 0.717) is 19.4 Å². The van der Waals surface area contributed by atoms with Gasteiger partial charge in [0, 0.05) is 32.1 Å². The van der Waals surface area contributed by atoms with Gasteiger partial charge in [-0.3, -0.25) is 14.4 Å². The van der Waals surface area contributed by atoms with Crippen molar-refractivity contribution in [1.29, 1.82) is 0 Å². The number of amides is 3. The number of sulfonamides is 1. The fourth-order valence-electron chi connectivity index (χ4n) is 6.62. The Balaban J connectivity index is 1.33. The number of hydrogen-bond donors (Lipinski definition) is 3. The molecule has 3 amide bonds. The average molecular weight is 590 g/mol. The lowest BCUT2D eigenvalue weighted by atomic mass is 9.83. The zero-order valence-electron chi connectivity index (χ0n) is 24.7. The van der Waals surface area contributed by atoms with E-state index in [1.807, 2.05) is 12.1 Å². The highest BCUT2D eigenvalue weighted by atomic mass is 32.2. The van der Waals surface area contributed by atoms with Crippen LogP contribution in [0.5, 0.6) is 0 Å². The van der Waals surface area contributed by atoms with Crippen LogP contribution in [0.1, 0.15) is 81.9 Å². The first-order valence-electron chi connectivity index (χ1n) is 15.2. The number of likely N-dealkylation sites (tertiary alicyclic amines) is 1. The van der Waals surface area contributed by atoms with Crippen LogP contribution in [0.25, 0.3) is 0 Å². The van der Waals surface area contributed by atoms with Crippen molar-refractivity contribution in [2.75, 3.05) is 32.9 Å². The molecule has 4 unspecified atom stereocenters. The van der Waals surface area contributed by atoms with Crippen molar-refractivity contribution in [3.8, 4) is 0 Å². The highest BCUT2D eigenvalue weighted by molar-refractivity contribution is 7.88. The van der Waals surface area contributed by atoms with Crippen LogP contribution in [0, 0.1) is 5.92 Å². The number of carbonyl (C=O) groups excluding carboxylic acids is 3. The van der Waals surface area contributed by atoms with Crippen molar-refractivity contribution >= 4 is 27.7 Å². The Morgan fingerprint density at radius 1 is 1.07 bits per heavy atom. The first kappa shape index (κ1) is 31.4. The van der Waals surface area contributed by atoms with E-state index in [2.05, 4.69) is 28.1 Å². The van der Waals surface area contributed by atoms with Gasteiger partial charge in [0.1, 0.15) is 6.04 Å². The molecule has 0 bridgehead atoms. The number of nitrogens with one attached hydrogen (secondary N) is 3. The lowest BCUT2D eigenvalue weighted by molar-refractivity contribution is -0.138. The van der Waals surface area contributed by atoms with Gasteiger partial charge < -0.3 is 20.9 Å². The summed E-state index contributed by atoms with van der Waals surface area (Å²) in [6, 6.07) is 6.78. The van der Waals surface area contributed by atoms with Crippen molar-refractivity contribution in [3.63, 3.8) is 0 Å². The molecule has 1 aromatic carbocycles. The van der Waals surface area contributed by atoms with Gasteiger partial charge in [0.25, 0.3) is 0 Å². The minimum Gasteiger partial charge on any atom is -0.349 e. The van der Waals surface area contributed by atoms with E-state index < -0.39 is 22.1 Å². The van der Waals surface area contributed by atoms with Gasteiger partial charge >= 0.3 is 0 Å². The lowest BCUT2D eigenvalue weighted by Crippen LogP contribution is -2.55. The smallest absolute Gasteiger partial charge is 0.245 e. The second-order valence-corrected chi connectivity index (χ2v) is 13.9. The molecule has 1 heterocycles. The predicted molar refractivity (Wildman–Crippen MR) is 158 cm³/mol. The maximum atomic E-state index is 13.7. The molecular weight excluding hydrogens is 542 g/mol. The van der Waals surface area contributed by atoms with Crippen LogP contribution in [-0.2, 0) is 30.8 Å². The molecule has 0 spiro atoms. The van der Waals surface area contributed by atoms with Crippen molar-refractivity contribution in [2.24, 2.45) is 5.92 Å². The molecule has 3 aliphatic rings. The summed E-state index contributed by atoms with van der Waals surface area (Å²) in [5, 5.41) is 9.05. The van der Waals surface area contributed by atoms with Crippen molar-refractivity contribution in [3.05, 3.63) is 35.4 Å². The molecule has 11 heteroatoms. The molecule has 2 aliphatic carbocycles. The topological polar surface area (TPSA) is 128 Å². The van der Waals surface area contributed by atoms with Crippen molar-refractivity contribution in [2.45, 2.75) is 95.3 Å². The number of nitrogens with zero attached hydrogens (tertiary/aromatic N) is 2. The summed E-state index contributed by atoms with van der Waals surface area (Å²) >= 11 is 0. The standard InChI is InChI=1S/C30H47N5O5S/c1-21(31-2)29(37)33-28(23-11-5-4-6-12-23)30(38)34-19-17-24(20-34)35(41(3,39)40)18-9-14-27(36)32-26-16-15-22-10-7-8-13-25(22)26/h7-8,10,13,21,23-24,26,28,31H,4-6,9,11-12,14-20H2,1-3H3,(H,32,36)(H,33,37). The zero-order chi connectivity index (χ0) is 29.6. The maximum absolute atomic E-state index is 13.7. The molecule has 3 N–H and O–H groups in total. The minimum absolute atomic E-state index is 0.00723. The van der Waals surface area contributed by atoms with E-state index in [1.54, 1.807) is 18.9 Å². The summed E-state index contributed by atoms with van der Waals surface area (Å²) in [6.07, 6.45) is 9.19. The van der Waals surface area contributed by atoms with Crippen LogP contribution in [-0.4, -0.2) is 86.4 Å². The summed E-state index contributed by atoms with van der Waals surface area (Å²) in [7, 11) is -1.83. The Labute approximate surface area is 245 Å². The third-order valence-corrected chi connectivity index (χ3v) is 10.4. The Bertz CT molecular complexity index is 1190. The van der Waals surface area contributed by atoms with Crippen LogP contribution in [0.4, 0.5) is 0 Å². The van der Waals surface area contributed by atoms with Gasteiger partial charge in [-0.15, -0.1) is 0 Å². The van der Waals surface area contributed by atoms with Gasteiger partial charge in [-0.05, 0) is 69.5 Å². The Kier molecular flexibility index (Phi) is 10.8. The monoisotopic (exact) mass is 589 g/mol. The highest BCUT2D eigenvalue weighted by Gasteiger charge is 2.40.